The number of anilines is 1. The lowest BCUT2D eigenvalue weighted by Crippen LogP contribution is -2.08. The quantitative estimate of drug-likeness (QED) is 0.184. The van der Waals surface area contributed by atoms with Gasteiger partial charge in [-0.3, -0.25) is 0 Å². The zero-order chi connectivity index (χ0) is 24.8. The molecular formula is C20H14Cl2F6IN3O. The van der Waals surface area contributed by atoms with Crippen LogP contribution in [0.5, 0.6) is 5.75 Å². The van der Waals surface area contributed by atoms with E-state index in [0.29, 0.717) is 15.9 Å². The monoisotopic (exact) mass is 623 g/mol. The summed E-state index contributed by atoms with van der Waals surface area (Å²) in [5.41, 5.74) is -0.693. The summed E-state index contributed by atoms with van der Waals surface area (Å²) in [6.07, 6.45) is -6.41. The van der Waals surface area contributed by atoms with E-state index in [-0.39, 0.29) is 5.69 Å². The largest absolute Gasteiger partial charge is 0.497 e. The number of ether oxygens (including phenoxy) is 1. The van der Waals surface area contributed by atoms with Gasteiger partial charge < -0.3 is 10.1 Å². The van der Waals surface area contributed by atoms with E-state index < -0.39 is 33.8 Å². The van der Waals surface area contributed by atoms with Crippen molar-refractivity contribution in [3.8, 4) is 5.75 Å². The first-order valence-corrected chi connectivity index (χ1v) is 10.6. The van der Waals surface area contributed by atoms with Crippen LogP contribution >= 0.6 is 45.8 Å². The first-order valence-electron chi connectivity index (χ1n) is 8.79. The first-order chi connectivity index (χ1) is 15.3. The Morgan fingerprint density at radius 3 is 1.88 bits per heavy atom. The molecule has 0 spiro atoms. The van der Waals surface area contributed by atoms with Crippen LogP contribution in [0, 0.1) is 3.57 Å². The van der Waals surface area contributed by atoms with Gasteiger partial charge in [-0.15, -0.1) is 0 Å². The van der Waals surface area contributed by atoms with Crippen molar-refractivity contribution in [3.63, 3.8) is 0 Å². The molecule has 0 amide bonds. The zero-order valence-corrected chi connectivity index (χ0v) is 20.2. The van der Waals surface area contributed by atoms with Gasteiger partial charge in [-0.2, -0.15) is 26.3 Å². The van der Waals surface area contributed by atoms with E-state index >= 15 is 0 Å². The number of hydrogen-bond acceptors (Lipinski definition) is 4. The number of aromatic nitrogens is 2. The topological polar surface area (TPSA) is 47.0 Å². The average Bonchev–Trinajstić information content (AvgIpc) is 2.74. The molecule has 0 saturated carbocycles. The molecule has 0 atom stereocenters. The molecule has 1 aromatic carbocycles. The van der Waals surface area contributed by atoms with Gasteiger partial charge in [0.05, 0.1) is 30.1 Å². The summed E-state index contributed by atoms with van der Waals surface area (Å²) < 4.78 is 79.9. The fraction of sp³-hybridized carbons (Fsp3) is 0.200. The van der Waals surface area contributed by atoms with E-state index in [1.807, 2.05) is 12.1 Å². The Morgan fingerprint density at radius 2 is 1.39 bits per heavy atom. The van der Waals surface area contributed by atoms with Crippen LogP contribution in [0.4, 0.5) is 32.0 Å². The van der Waals surface area contributed by atoms with Crippen molar-refractivity contribution in [3.05, 3.63) is 79.4 Å². The Hall–Kier alpha value is -1.99. The Labute approximate surface area is 208 Å². The summed E-state index contributed by atoms with van der Waals surface area (Å²) in [5, 5.41) is 1.81. The SMILES string of the molecule is COc1ccc(CNc2cnc(Cl)c(C(F)(F)F)c2)cc1.FC(F)(F)c1cc(I)cnc1Cl. The summed E-state index contributed by atoms with van der Waals surface area (Å²) >= 11 is 12.4. The van der Waals surface area contributed by atoms with Crippen LogP contribution in [0.25, 0.3) is 0 Å². The predicted molar refractivity (Wildman–Crippen MR) is 122 cm³/mol. The third-order valence-corrected chi connectivity index (χ3v) is 5.10. The normalized spacial score (nSPS) is 11.5. The number of halogens is 9. The van der Waals surface area contributed by atoms with E-state index in [0.717, 1.165) is 17.7 Å². The second kappa shape index (κ2) is 11.4. The standard InChI is InChI=1S/C14H12ClF3N2O.C6H2ClF3IN/c1-21-11-4-2-9(3-5-11)7-19-10-6-12(14(16,17)18)13(15)20-8-10;7-5-4(6(8,9)10)1-3(11)2-12-5/h2-6,8,19H,7H2,1H3;1-2H. The summed E-state index contributed by atoms with van der Waals surface area (Å²) in [6, 6.07) is 9.09. The molecular weight excluding hydrogens is 610 g/mol. The minimum atomic E-state index is -4.53. The van der Waals surface area contributed by atoms with Gasteiger partial charge in [0.15, 0.2) is 0 Å². The van der Waals surface area contributed by atoms with Crippen molar-refractivity contribution in [2.75, 3.05) is 12.4 Å². The number of alkyl halides is 6. The molecule has 0 bridgehead atoms. The van der Waals surface area contributed by atoms with Gasteiger partial charge in [-0.25, -0.2) is 9.97 Å². The number of benzene rings is 1. The number of rotatable bonds is 4. The number of methoxy groups -OCH3 is 1. The van der Waals surface area contributed by atoms with Crippen LogP contribution in [-0.4, -0.2) is 17.1 Å². The third kappa shape index (κ3) is 8.38. The lowest BCUT2D eigenvalue weighted by atomic mass is 10.2. The van der Waals surface area contributed by atoms with Crippen LogP contribution in [0.1, 0.15) is 16.7 Å². The maximum absolute atomic E-state index is 12.7. The molecule has 0 radical (unpaired) electrons. The van der Waals surface area contributed by atoms with Crippen molar-refractivity contribution in [1.29, 1.82) is 0 Å². The van der Waals surface area contributed by atoms with Gasteiger partial charge in [0.2, 0.25) is 0 Å². The highest BCUT2D eigenvalue weighted by atomic mass is 127. The summed E-state index contributed by atoms with van der Waals surface area (Å²) in [4.78, 5) is 6.93. The molecule has 4 nitrogen and oxygen atoms in total. The Morgan fingerprint density at radius 1 is 0.879 bits per heavy atom. The van der Waals surface area contributed by atoms with E-state index in [2.05, 4.69) is 15.3 Å². The predicted octanol–water partition coefficient (Wildman–Crippen LogP) is 7.73. The number of nitrogens with one attached hydrogen (secondary N) is 1. The zero-order valence-electron chi connectivity index (χ0n) is 16.5. The fourth-order valence-corrected chi connectivity index (χ4v) is 3.18. The van der Waals surface area contributed by atoms with Crippen molar-refractivity contribution in [2.45, 2.75) is 18.9 Å². The lowest BCUT2D eigenvalue weighted by molar-refractivity contribution is -0.138. The molecule has 3 rings (SSSR count). The first kappa shape index (κ1) is 27.3. The Kier molecular flexibility index (Phi) is 9.44. The highest BCUT2D eigenvalue weighted by molar-refractivity contribution is 14.1. The molecule has 1 N–H and O–H groups in total. The molecule has 13 heteroatoms. The van der Waals surface area contributed by atoms with Crippen LogP contribution in [0.2, 0.25) is 10.3 Å². The summed E-state index contributed by atoms with van der Waals surface area (Å²) in [6.45, 7) is 0.366. The molecule has 178 valence electrons. The Balaban J connectivity index is 0.000000273. The van der Waals surface area contributed by atoms with Crippen LogP contribution < -0.4 is 10.1 Å². The van der Waals surface area contributed by atoms with E-state index in [9.17, 15) is 26.3 Å². The molecule has 33 heavy (non-hydrogen) atoms. The molecule has 2 heterocycles. The smallest absolute Gasteiger partial charge is 0.419 e. The number of nitrogens with zero attached hydrogens (tertiary/aromatic N) is 2. The number of hydrogen-bond donors (Lipinski definition) is 1. The van der Waals surface area contributed by atoms with Crippen LogP contribution in [0.15, 0.2) is 48.8 Å². The number of pyridine rings is 2. The van der Waals surface area contributed by atoms with Crippen LogP contribution in [-0.2, 0) is 18.9 Å². The fourth-order valence-electron chi connectivity index (χ4n) is 2.31. The van der Waals surface area contributed by atoms with Gasteiger partial charge in [-0.05, 0) is 52.4 Å². The molecule has 0 saturated heterocycles. The third-order valence-electron chi connectivity index (χ3n) is 3.91. The van der Waals surface area contributed by atoms with Crippen molar-refractivity contribution >= 4 is 51.5 Å². The summed E-state index contributed by atoms with van der Waals surface area (Å²) in [5.74, 6) is 0.714. The van der Waals surface area contributed by atoms with Gasteiger partial charge in [0, 0.05) is 16.3 Å². The van der Waals surface area contributed by atoms with Crippen molar-refractivity contribution < 1.29 is 31.1 Å². The molecule has 0 fully saturated rings. The van der Waals surface area contributed by atoms with Crippen molar-refractivity contribution in [2.24, 2.45) is 0 Å². The van der Waals surface area contributed by atoms with Gasteiger partial charge in [0.25, 0.3) is 0 Å². The van der Waals surface area contributed by atoms with Gasteiger partial charge in [0.1, 0.15) is 16.1 Å². The minimum absolute atomic E-state index is 0.252. The summed E-state index contributed by atoms with van der Waals surface area (Å²) in [7, 11) is 1.56. The molecule has 0 aliphatic rings. The highest BCUT2D eigenvalue weighted by Crippen LogP contribution is 2.35. The molecule has 0 aliphatic carbocycles. The molecule has 2 aromatic heterocycles. The van der Waals surface area contributed by atoms with E-state index in [4.69, 9.17) is 27.9 Å². The maximum atomic E-state index is 12.7. The highest BCUT2D eigenvalue weighted by Gasteiger charge is 2.34. The average molecular weight is 624 g/mol. The lowest BCUT2D eigenvalue weighted by Gasteiger charge is -2.12. The molecule has 0 unspecified atom stereocenters. The molecule has 0 aliphatic heterocycles. The second-order valence-electron chi connectivity index (χ2n) is 6.25. The maximum Gasteiger partial charge on any atom is 0.419 e. The second-order valence-corrected chi connectivity index (χ2v) is 8.21. The van der Waals surface area contributed by atoms with E-state index in [1.54, 1.807) is 41.8 Å². The van der Waals surface area contributed by atoms with Gasteiger partial charge in [-0.1, -0.05) is 35.3 Å². The minimum Gasteiger partial charge on any atom is -0.497 e. The van der Waals surface area contributed by atoms with Gasteiger partial charge >= 0.3 is 12.4 Å². The van der Waals surface area contributed by atoms with Crippen LogP contribution in [0.3, 0.4) is 0 Å². The Bertz CT molecular complexity index is 1080. The van der Waals surface area contributed by atoms with Crippen molar-refractivity contribution in [1.82, 2.24) is 9.97 Å². The van der Waals surface area contributed by atoms with E-state index in [1.165, 1.54) is 12.4 Å². The molecule has 3 aromatic rings.